The average Bonchev–Trinajstić information content (AvgIpc) is 3.28. The Labute approximate surface area is 159 Å². The second-order valence-electron chi connectivity index (χ2n) is 7.10. The van der Waals surface area contributed by atoms with Gasteiger partial charge in [-0.25, -0.2) is 0 Å². The highest BCUT2D eigenvalue weighted by molar-refractivity contribution is 5.89. The van der Waals surface area contributed by atoms with E-state index in [1.807, 2.05) is 48.0 Å². The van der Waals surface area contributed by atoms with Crippen LogP contribution in [0, 0.1) is 12.8 Å². The lowest BCUT2D eigenvalue weighted by Crippen LogP contribution is -2.39. The Morgan fingerprint density at radius 1 is 1.15 bits per heavy atom. The molecule has 146 valence electrons. The van der Waals surface area contributed by atoms with Crippen molar-refractivity contribution in [3.8, 4) is 0 Å². The highest BCUT2D eigenvalue weighted by atomic mass is 16.2. The predicted molar refractivity (Wildman–Crippen MR) is 102 cm³/mol. The monoisotopic (exact) mass is 372 g/mol. The molecule has 27 heavy (non-hydrogen) atoms. The van der Waals surface area contributed by atoms with Crippen molar-refractivity contribution in [2.24, 2.45) is 5.92 Å². The zero-order valence-electron chi connectivity index (χ0n) is 16.1. The number of anilines is 1. The number of nitrogens with one attached hydrogen (secondary N) is 1. The third kappa shape index (κ3) is 5.42. The van der Waals surface area contributed by atoms with E-state index in [2.05, 4.69) is 15.5 Å². The molecule has 0 aromatic carbocycles. The first-order chi connectivity index (χ1) is 13.0. The van der Waals surface area contributed by atoms with E-state index in [4.69, 9.17) is 0 Å². The summed E-state index contributed by atoms with van der Waals surface area (Å²) in [6, 6.07) is 3.75. The van der Waals surface area contributed by atoms with Crippen molar-refractivity contribution in [1.29, 1.82) is 0 Å². The second-order valence-corrected chi connectivity index (χ2v) is 7.10. The zero-order chi connectivity index (χ0) is 19.2. The molecule has 2 aromatic rings. The first-order valence-electron chi connectivity index (χ1n) is 9.64. The summed E-state index contributed by atoms with van der Waals surface area (Å²) in [5.74, 6) is 1.07. The third-order valence-corrected chi connectivity index (χ3v) is 5.00. The fraction of sp³-hybridized carbons (Fsp3) is 0.579. The molecule has 1 N–H and O–H groups in total. The van der Waals surface area contributed by atoms with Gasteiger partial charge in [0.15, 0.2) is 5.82 Å². The lowest BCUT2D eigenvalue weighted by Gasteiger charge is -2.31. The molecule has 2 amide bonds. The van der Waals surface area contributed by atoms with E-state index >= 15 is 0 Å². The SMILES string of the molecule is CCn1ccc(NC(=O)CC2CCN(C(=O)CCn3ccc(C)n3)CC2)n1. The quantitative estimate of drug-likeness (QED) is 0.806. The molecule has 8 heteroatoms. The van der Waals surface area contributed by atoms with E-state index in [1.54, 1.807) is 4.68 Å². The van der Waals surface area contributed by atoms with Crippen LogP contribution in [-0.4, -0.2) is 49.4 Å². The fourth-order valence-electron chi connectivity index (χ4n) is 3.40. The van der Waals surface area contributed by atoms with Gasteiger partial charge in [-0.15, -0.1) is 0 Å². The molecular formula is C19H28N6O2. The number of carbonyl (C=O) groups is 2. The Hall–Kier alpha value is -2.64. The number of carbonyl (C=O) groups excluding carboxylic acids is 2. The number of piperidine rings is 1. The number of aryl methyl sites for hydroxylation is 3. The van der Waals surface area contributed by atoms with Gasteiger partial charge in [0.05, 0.1) is 5.69 Å². The summed E-state index contributed by atoms with van der Waals surface area (Å²) < 4.78 is 3.59. The topological polar surface area (TPSA) is 85.0 Å². The molecule has 0 saturated carbocycles. The Morgan fingerprint density at radius 3 is 2.52 bits per heavy atom. The first kappa shape index (κ1) is 19.1. The molecular weight excluding hydrogens is 344 g/mol. The van der Waals surface area contributed by atoms with Crippen molar-refractivity contribution in [3.63, 3.8) is 0 Å². The van der Waals surface area contributed by atoms with E-state index in [-0.39, 0.29) is 11.8 Å². The highest BCUT2D eigenvalue weighted by Gasteiger charge is 2.24. The van der Waals surface area contributed by atoms with Gasteiger partial charge in [-0.2, -0.15) is 10.2 Å². The van der Waals surface area contributed by atoms with Crippen LogP contribution in [0.2, 0.25) is 0 Å². The van der Waals surface area contributed by atoms with Crippen LogP contribution in [0.3, 0.4) is 0 Å². The zero-order valence-corrected chi connectivity index (χ0v) is 16.1. The maximum atomic E-state index is 12.4. The molecule has 1 aliphatic heterocycles. The summed E-state index contributed by atoms with van der Waals surface area (Å²) in [6.45, 7) is 6.78. The molecule has 1 aliphatic rings. The molecule has 0 bridgehead atoms. The summed E-state index contributed by atoms with van der Waals surface area (Å²) in [6.07, 6.45) is 6.42. The summed E-state index contributed by atoms with van der Waals surface area (Å²) in [5, 5.41) is 11.4. The van der Waals surface area contributed by atoms with Crippen molar-refractivity contribution in [1.82, 2.24) is 24.5 Å². The summed E-state index contributed by atoms with van der Waals surface area (Å²) in [5.41, 5.74) is 0.961. The van der Waals surface area contributed by atoms with Gasteiger partial charge in [-0.1, -0.05) is 0 Å². The van der Waals surface area contributed by atoms with Crippen molar-refractivity contribution in [3.05, 3.63) is 30.2 Å². The van der Waals surface area contributed by atoms with Crippen LogP contribution >= 0.6 is 0 Å². The van der Waals surface area contributed by atoms with Crippen LogP contribution in [0.4, 0.5) is 5.82 Å². The van der Waals surface area contributed by atoms with Crippen molar-refractivity contribution < 1.29 is 9.59 Å². The average molecular weight is 372 g/mol. The standard InChI is InChI=1S/C19H28N6O2/c1-3-24-12-7-17(22-24)20-18(26)14-16-5-9-23(10-6-16)19(27)8-13-25-11-4-15(2)21-25/h4,7,11-12,16H,3,5-6,8-10,13-14H2,1-2H3,(H,20,22,26). The molecule has 0 atom stereocenters. The van der Waals surface area contributed by atoms with Gasteiger partial charge in [-0.3, -0.25) is 19.0 Å². The predicted octanol–water partition coefficient (Wildman–Crippen LogP) is 2.07. The van der Waals surface area contributed by atoms with E-state index in [1.165, 1.54) is 0 Å². The molecule has 0 radical (unpaired) electrons. The minimum Gasteiger partial charge on any atom is -0.343 e. The number of nitrogens with zero attached hydrogens (tertiary/aromatic N) is 5. The number of hydrogen-bond acceptors (Lipinski definition) is 4. The van der Waals surface area contributed by atoms with E-state index in [0.29, 0.717) is 31.1 Å². The molecule has 2 aromatic heterocycles. The van der Waals surface area contributed by atoms with Crippen LogP contribution in [0.5, 0.6) is 0 Å². The molecule has 3 heterocycles. The van der Waals surface area contributed by atoms with Gasteiger partial charge >= 0.3 is 0 Å². The Kier molecular flexibility index (Phi) is 6.26. The normalized spacial score (nSPS) is 15.1. The maximum Gasteiger partial charge on any atom is 0.225 e. The van der Waals surface area contributed by atoms with E-state index in [0.717, 1.165) is 38.2 Å². The van der Waals surface area contributed by atoms with Crippen molar-refractivity contribution >= 4 is 17.6 Å². The number of aromatic nitrogens is 4. The van der Waals surface area contributed by atoms with Gasteiger partial charge in [-0.05, 0) is 38.7 Å². The van der Waals surface area contributed by atoms with Gasteiger partial charge in [0, 0.05) is 57.5 Å². The van der Waals surface area contributed by atoms with E-state index in [9.17, 15) is 9.59 Å². The van der Waals surface area contributed by atoms with Gasteiger partial charge in [0.1, 0.15) is 0 Å². The van der Waals surface area contributed by atoms with Crippen LogP contribution in [0.25, 0.3) is 0 Å². The summed E-state index contributed by atoms with van der Waals surface area (Å²) in [4.78, 5) is 26.5. The van der Waals surface area contributed by atoms with Gasteiger partial charge in [0.2, 0.25) is 11.8 Å². The largest absolute Gasteiger partial charge is 0.343 e. The molecule has 0 unspecified atom stereocenters. The van der Waals surface area contributed by atoms with Crippen LogP contribution in [0.15, 0.2) is 24.5 Å². The molecule has 0 aliphatic carbocycles. The Bertz CT molecular complexity index is 773. The lowest BCUT2D eigenvalue weighted by atomic mass is 9.93. The van der Waals surface area contributed by atoms with Crippen LogP contribution in [-0.2, 0) is 22.7 Å². The Morgan fingerprint density at radius 2 is 1.89 bits per heavy atom. The highest BCUT2D eigenvalue weighted by Crippen LogP contribution is 2.21. The minimum atomic E-state index is -0.00446. The molecule has 0 spiro atoms. The first-order valence-corrected chi connectivity index (χ1v) is 9.64. The molecule has 8 nitrogen and oxygen atoms in total. The van der Waals surface area contributed by atoms with E-state index < -0.39 is 0 Å². The minimum absolute atomic E-state index is 0.00446. The van der Waals surface area contributed by atoms with Crippen molar-refractivity contribution in [2.45, 2.75) is 52.6 Å². The van der Waals surface area contributed by atoms with Crippen LogP contribution in [0.1, 0.15) is 38.3 Å². The van der Waals surface area contributed by atoms with Gasteiger partial charge in [0.25, 0.3) is 0 Å². The summed E-state index contributed by atoms with van der Waals surface area (Å²) >= 11 is 0. The van der Waals surface area contributed by atoms with Crippen LogP contribution < -0.4 is 5.32 Å². The smallest absolute Gasteiger partial charge is 0.225 e. The fourth-order valence-corrected chi connectivity index (χ4v) is 3.40. The number of hydrogen-bond donors (Lipinski definition) is 1. The second kappa shape index (κ2) is 8.83. The van der Waals surface area contributed by atoms with Crippen molar-refractivity contribution in [2.75, 3.05) is 18.4 Å². The lowest BCUT2D eigenvalue weighted by molar-refractivity contribution is -0.132. The maximum absolute atomic E-state index is 12.4. The number of rotatable bonds is 7. The van der Waals surface area contributed by atoms with Gasteiger partial charge < -0.3 is 10.2 Å². The molecule has 1 fully saturated rings. The Balaban J connectivity index is 1.37. The molecule has 1 saturated heterocycles. The molecule has 3 rings (SSSR count). The number of likely N-dealkylation sites (tertiary alicyclic amines) is 1. The summed E-state index contributed by atoms with van der Waals surface area (Å²) in [7, 11) is 0. The third-order valence-electron chi connectivity index (χ3n) is 5.00. The number of amides is 2.